The number of hydrogen-bond donors (Lipinski definition) is 1. The zero-order valence-corrected chi connectivity index (χ0v) is 16.6. The second kappa shape index (κ2) is 8.55. The molecule has 0 spiro atoms. The highest BCUT2D eigenvalue weighted by Crippen LogP contribution is 2.28. The van der Waals surface area contributed by atoms with Gasteiger partial charge < -0.3 is 9.88 Å². The van der Waals surface area contributed by atoms with Gasteiger partial charge in [-0.25, -0.2) is 13.4 Å². The van der Waals surface area contributed by atoms with Crippen molar-refractivity contribution in [3.05, 3.63) is 47.5 Å². The Kier molecular flexibility index (Phi) is 6.66. The van der Waals surface area contributed by atoms with E-state index in [0.717, 1.165) is 22.7 Å². The Morgan fingerprint density at radius 2 is 2.15 bits per heavy atom. The molecule has 26 heavy (non-hydrogen) atoms. The van der Waals surface area contributed by atoms with Crippen molar-refractivity contribution in [2.75, 3.05) is 17.1 Å². The molecule has 0 aliphatic carbocycles. The molecule has 0 saturated carbocycles. The van der Waals surface area contributed by atoms with Gasteiger partial charge in [0, 0.05) is 30.5 Å². The van der Waals surface area contributed by atoms with E-state index in [2.05, 4.69) is 10.3 Å². The summed E-state index contributed by atoms with van der Waals surface area (Å²) < 4.78 is 27.7. The van der Waals surface area contributed by atoms with Gasteiger partial charge in [0.05, 0.1) is 18.3 Å². The van der Waals surface area contributed by atoms with Gasteiger partial charge in [-0.2, -0.15) is 0 Å². The van der Waals surface area contributed by atoms with Crippen molar-refractivity contribution < 1.29 is 13.2 Å². The molecule has 1 aromatic heterocycles. The summed E-state index contributed by atoms with van der Waals surface area (Å²) in [5, 5.41) is 3.20. The van der Waals surface area contributed by atoms with Crippen LogP contribution in [0.3, 0.4) is 0 Å². The Labute approximate surface area is 159 Å². The third-order valence-electron chi connectivity index (χ3n) is 3.95. The predicted octanol–water partition coefficient (Wildman–Crippen LogP) is 2.21. The Morgan fingerprint density at radius 1 is 1.42 bits per heavy atom. The van der Waals surface area contributed by atoms with Gasteiger partial charge in [0.15, 0.2) is 0 Å². The lowest BCUT2D eigenvalue weighted by molar-refractivity contribution is -0.121. The molecule has 0 aliphatic rings. The van der Waals surface area contributed by atoms with Crippen LogP contribution in [0.15, 0.2) is 36.9 Å². The monoisotopic (exact) mass is 398 g/mol. The second-order valence-corrected chi connectivity index (χ2v) is 8.41. The summed E-state index contributed by atoms with van der Waals surface area (Å²) >= 11 is 6.02. The van der Waals surface area contributed by atoms with Gasteiger partial charge in [0.1, 0.15) is 6.04 Å². The molecule has 9 heteroatoms. The Morgan fingerprint density at radius 3 is 2.77 bits per heavy atom. The highest BCUT2D eigenvalue weighted by Gasteiger charge is 2.30. The fourth-order valence-electron chi connectivity index (χ4n) is 2.64. The van der Waals surface area contributed by atoms with Gasteiger partial charge in [-0.3, -0.25) is 9.10 Å². The zero-order valence-electron chi connectivity index (χ0n) is 15.0. The van der Waals surface area contributed by atoms with Crippen molar-refractivity contribution in [3.63, 3.8) is 0 Å². The normalized spacial score (nSPS) is 12.6. The zero-order chi connectivity index (χ0) is 19.3. The fraction of sp³-hybridized carbons (Fsp3) is 0.412. The first-order valence-corrected chi connectivity index (χ1v) is 10.4. The molecule has 0 fully saturated rings. The highest BCUT2D eigenvalue weighted by atomic mass is 35.5. The van der Waals surface area contributed by atoms with Gasteiger partial charge in [-0.05, 0) is 38.0 Å². The first kappa shape index (κ1) is 20.3. The summed E-state index contributed by atoms with van der Waals surface area (Å²) in [7, 11) is -3.67. The predicted molar refractivity (Wildman–Crippen MR) is 103 cm³/mol. The number of aromatic nitrogens is 2. The van der Waals surface area contributed by atoms with E-state index in [1.165, 1.54) is 0 Å². The first-order valence-electron chi connectivity index (χ1n) is 8.19. The number of sulfonamides is 1. The number of imidazole rings is 1. The fourth-order valence-corrected chi connectivity index (χ4v) is 4.03. The molecule has 0 radical (unpaired) electrons. The standard InChI is InChI=1S/C17H23ClN4O3S/c1-13-5-6-15(18)11-16(13)22(26(3,24)25)14(2)17(23)20-7-4-9-21-10-8-19-12-21/h5-6,8,10-12,14H,4,7,9H2,1-3H3,(H,20,23). The molecule has 0 saturated heterocycles. The lowest BCUT2D eigenvalue weighted by Crippen LogP contribution is -2.48. The van der Waals surface area contributed by atoms with E-state index in [9.17, 15) is 13.2 Å². The summed E-state index contributed by atoms with van der Waals surface area (Å²) in [4.78, 5) is 16.4. The van der Waals surface area contributed by atoms with Crippen LogP contribution < -0.4 is 9.62 Å². The number of anilines is 1. The number of amides is 1. The van der Waals surface area contributed by atoms with Crippen molar-refractivity contribution in [1.29, 1.82) is 0 Å². The minimum atomic E-state index is -3.67. The molecule has 0 bridgehead atoms. The van der Waals surface area contributed by atoms with Crippen molar-refractivity contribution in [2.45, 2.75) is 32.9 Å². The maximum atomic E-state index is 12.5. The number of carbonyl (C=O) groups excluding carboxylic acids is 1. The van der Waals surface area contributed by atoms with Crippen molar-refractivity contribution in [3.8, 4) is 0 Å². The molecule has 142 valence electrons. The number of nitrogens with one attached hydrogen (secondary N) is 1. The SMILES string of the molecule is Cc1ccc(Cl)cc1N(C(C)C(=O)NCCCn1ccnc1)S(C)(=O)=O. The summed E-state index contributed by atoms with van der Waals surface area (Å²) in [5.74, 6) is -0.361. The van der Waals surface area contributed by atoms with Crippen LogP contribution in [-0.4, -0.2) is 42.7 Å². The highest BCUT2D eigenvalue weighted by molar-refractivity contribution is 7.92. The van der Waals surface area contributed by atoms with Crippen LogP contribution in [0.2, 0.25) is 5.02 Å². The quantitative estimate of drug-likeness (QED) is 0.691. The molecule has 7 nitrogen and oxygen atoms in total. The smallest absolute Gasteiger partial charge is 0.243 e. The van der Waals surface area contributed by atoms with Crippen LogP contribution >= 0.6 is 11.6 Å². The van der Waals surface area contributed by atoms with Gasteiger partial charge in [0.2, 0.25) is 15.9 Å². The maximum Gasteiger partial charge on any atom is 0.243 e. The van der Waals surface area contributed by atoms with E-state index >= 15 is 0 Å². The molecule has 1 heterocycles. The minimum absolute atomic E-state index is 0.361. The average Bonchev–Trinajstić information content (AvgIpc) is 3.07. The van der Waals surface area contributed by atoms with Crippen LogP contribution in [0.1, 0.15) is 18.9 Å². The van der Waals surface area contributed by atoms with E-state index in [4.69, 9.17) is 11.6 Å². The van der Waals surface area contributed by atoms with E-state index in [1.54, 1.807) is 44.6 Å². The number of hydrogen-bond acceptors (Lipinski definition) is 4. The van der Waals surface area contributed by atoms with Crippen LogP contribution in [0.25, 0.3) is 0 Å². The van der Waals surface area contributed by atoms with Crippen LogP contribution in [0.5, 0.6) is 0 Å². The topological polar surface area (TPSA) is 84.3 Å². The van der Waals surface area contributed by atoms with Crippen molar-refractivity contribution in [1.82, 2.24) is 14.9 Å². The van der Waals surface area contributed by atoms with E-state index in [1.807, 2.05) is 10.8 Å². The average molecular weight is 399 g/mol. The minimum Gasteiger partial charge on any atom is -0.354 e. The number of rotatable bonds is 8. The van der Waals surface area contributed by atoms with E-state index in [-0.39, 0.29) is 5.91 Å². The molecule has 2 rings (SSSR count). The Balaban J connectivity index is 2.07. The third-order valence-corrected chi connectivity index (χ3v) is 5.41. The largest absolute Gasteiger partial charge is 0.354 e. The van der Waals surface area contributed by atoms with Crippen molar-refractivity contribution >= 4 is 33.2 Å². The maximum absolute atomic E-state index is 12.5. The Bertz CT molecular complexity index is 853. The van der Waals surface area contributed by atoms with Crippen LogP contribution in [0.4, 0.5) is 5.69 Å². The summed E-state index contributed by atoms with van der Waals surface area (Å²) in [6, 6.07) is 4.07. The lowest BCUT2D eigenvalue weighted by atomic mass is 10.2. The van der Waals surface area contributed by atoms with Gasteiger partial charge in [-0.1, -0.05) is 17.7 Å². The molecular formula is C17H23ClN4O3S. The second-order valence-electron chi connectivity index (χ2n) is 6.11. The number of nitrogens with zero attached hydrogens (tertiary/aromatic N) is 3. The molecule has 1 amide bonds. The van der Waals surface area contributed by atoms with Crippen molar-refractivity contribution in [2.24, 2.45) is 0 Å². The van der Waals surface area contributed by atoms with Crippen LogP contribution in [0, 0.1) is 6.92 Å². The van der Waals surface area contributed by atoms with Crippen LogP contribution in [-0.2, 0) is 21.4 Å². The summed E-state index contributed by atoms with van der Waals surface area (Å²) in [6.07, 6.45) is 7.04. The molecule has 1 atom stereocenters. The number of halogens is 1. The molecule has 1 aromatic carbocycles. The Hall–Kier alpha value is -2.06. The number of benzene rings is 1. The van der Waals surface area contributed by atoms with Gasteiger partial charge >= 0.3 is 0 Å². The van der Waals surface area contributed by atoms with Gasteiger partial charge in [-0.15, -0.1) is 0 Å². The van der Waals surface area contributed by atoms with E-state index < -0.39 is 16.1 Å². The lowest BCUT2D eigenvalue weighted by Gasteiger charge is -2.29. The molecule has 1 unspecified atom stereocenters. The molecule has 0 aliphatic heterocycles. The third kappa shape index (κ3) is 5.22. The molecule has 2 aromatic rings. The summed E-state index contributed by atoms with van der Waals surface area (Å²) in [6.45, 7) is 4.50. The van der Waals surface area contributed by atoms with Gasteiger partial charge in [0.25, 0.3) is 0 Å². The molecular weight excluding hydrogens is 376 g/mol. The number of aryl methyl sites for hydroxylation is 2. The summed E-state index contributed by atoms with van der Waals surface area (Å²) in [5.41, 5.74) is 1.13. The molecule has 1 N–H and O–H groups in total. The number of carbonyl (C=O) groups is 1. The van der Waals surface area contributed by atoms with E-state index in [0.29, 0.717) is 23.7 Å². The first-order chi connectivity index (χ1) is 12.2.